The fourth-order valence-electron chi connectivity index (χ4n) is 1.54. The number of hydrogen-bond acceptors (Lipinski definition) is 3. The van der Waals surface area contributed by atoms with Gasteiger partial charge in [0.05, 0.1) is 0 Å². The molecule has 1 aromatic rings. The minimum absolute atomic E-state index is 0.394. The van der Waals surface area contributed by atoms with Crippen molar-refractivity contribution in [3.63, 3.8) is 0 Å². The van der Waals surface area contributed by atoms with Gasteiger partial charge in [0.25, 0.3) is 0 Å². The predicted molar refractivity (Wildman–Crippen MR) is 54.6 cm³/mol. The van der Waals surface area contributed by atoms with E-state index in [-0.39, 0.29) is 0 Å². The van der Waals surface area contributed by atoms with Crippen molar-refractivity contribution < 1.29 is 0 Å². The topological polar surface area (TPSA) is 51.8 Å². The van der Waals surface area contributed by atoms with Crippen LogP contribution in [-0.2, 0) is 6.42 Å². The lowest BCUT2D eigenvalue weighted by atomic mass is 10.0. The highest BCUT2D eigenvalue weighted by atomic mass is 14.9. The minimum atomic E-state index is 0.394. The van der Waals surface area contributed by atoms with Crippen LogP contribution in [0.15, 0.2) is 0 Å². The Labute approximate surface area is 79.4 Å². The van der Waals surface area contributed by atoms with Crippen molar-refractivity contribution in [1.82, 2.24) is 9.97 Å². The minimum Gasteiger partial charge on any atom is -0.383 e. The van der Waals surface area contributed by atoms with Crippen LogP contribution in [0, 0.1) is 6.92 Å². The maximum Gasteiger partial charge on any atom is 0.130 e. The van der Waals surface area contributed by atoms with E-state index in [1.54, 1.807) is 0 Å². The molecule has 0 spiro atoms. The van der Waals surface area contributed by atoms with Gasteiger partial charge >= 0.3 is 0 Å². The second-order valence-electron chi connectivity index (χ2n) is 3.53. The van der Waals surface area contributed by atoms with Crippen molar-refractivity contribution in [2.45, 2.75) is 40.0 Å². The molecular formula is C10H17N3. The summed E-state index contributed by atoms with van der Waals surface area (Å²) >= 11 is 0. The number of nitrogen functional groups attached to an aromatic ring is 1. The van der Waals surface area contributed by atoms with E-state index in [9.17, 15) is 0 Å². The third kappa shape index (κ3) is 1.97. The molecule has 2 N–H and O–H groups in total. The van der Waals surface area contributed by atoms with E-state index in [0.29, 0.717) is 11.7 Å². The molecule has 0 radical (unpaired) electrons. The zero-order valence-corrected chi connectivity index (χ0v) is 8.76. The number of nitrogens with two attached hydrogens (primary N) is 1. The largest absolute Gasteiger partial charge is 0.383 e. The Morgan fingerprint density at radius 1 is 1.31 bits per heavy atom. The van der Waals surface area contributed by atoms with Crippen LogP contribution in [0.1, 0.15) is 43.8 Å². The van der Waals surface area contributed by atoms with Gasteiger partial charge in [-0.05, 0) is 12.8 Å². The third-order valence-electron chi connectivity index (χ3n) is 2.11. The van der Waals surface area contributed by atoms with Crippen molar-refractivity contribution in [2.75, 3.05) is 5.73 Å². The first-order chi connectivity index (χ1) is 6.06. The summed E-state index contributed by atoms with van der Waals surface area (Å²) in [5.74, 6) is 1.87. The monoisotopic (exact) mass is 179 g/mol. The lowest BCUT2D eigenvalue weighted by Gasteiger charge is -2.12. The van der Waals surface area contributed by atoms with E-state index in [0.717, 1.165) is 23.5 Å². The fourth-order valence-corrected chi connectivity index (χ4v) is 1.54. The number of aromatic nitrogens is 2. The first-order valence-electron chi connectivity index (χ1n) is 4.69. The predicted octanol–water partition coefficient (Wildman–Crippen LogP) is 2.05. The van der Waals surface area contributed by atoms with Crippen LogP contribution < -0.4 is 5.73 Å². The molecule has 72 valence electrons. The van der Waals surface area contributed by atoms with Crippen LogP contribution >= 0.6 is 0 Å². The first-order valence-corrected chi connectivity index (χ1v) is 4.69. The van der Waals surface area contributed by atoms with Gasteiger partial charge in [0.1, 0.15) is 11.6 Å². The maximum absolute atomic E-state index is 5.85. The van der Waals surface area contributed by atoms with Gasteiger partial charge in [-0.25, -0.2) is 9.97 Å². The number of hydrogen-bond donors (Lipinski definition) is 1. The average Bonchev–Trinajstić information content (AvgIpc) is 2.02. The van der Waals surface area contributed by atoms with E-state index < -0.39 is 0 Å². The number of anilines is 1. The van der Waals surface area contributed by atoms with Gasteiger partial charge in [0.2, 0.25) is 0 Å². The van der Waals surface area contributed by atoms with E-state index in [1.807, 2.05) is 13.8 Å². The Kier molecular flexibility index (Phi) is 2.86. The molecule has 0 bridgehead atoms. The van der Waals surface area contributed by atoms with Crippen LogP contribution in [0.3, 0.4) is 0 Å². The van der Waals surface area contributed by atoms with E-state index in [1.165, 1.54) is 0 Å². The van der Waals surface area contributed by atoms with Crippen LogP contribution in [-0.4, -0.2) is 9.97 Å². The molecule has 1 rings (SSSR count). The molecule has 13 heavy (non-hydrogen) atoms. The molecule has 3 heteroatoms. The molecule has 0 atom stereocenters. The molecule has 0 aliphatic rings. The summed E-state index contributed by atoms with van der Waals surface area (Å²) in [6, 6.07) is 0. The SMILES string of the molecule is CCc1nc(C)c(C(C)C)c(N)n1. The molecule has 3 nitrogen and oxygen atoms in total. The molecule has 1 heterocycles. The molecule has 0 aliphatic heterocycles. The van der Waals surface area contributed by atoms with E-state index in [4.69, 9.17) is 5.73 Å². The van der Waals surface area contributed by atoms with Crippen molar-refractivity contribution >= 4 is 5.82 Å². The van der Waals surface area contributed by atoms with Crippen LogP contribution in [0.5, 0.6) is 0 Å². The van der Waals surface area contributed by atoms with Gasteiger partial charge in [0.15, 0.2) is 0 Å². The molecule has 0 saturated heterocycles. The van der Waals surface area contributed by atoms with Crippen molar-refractivity contribution in [1.29, 1.82) is 0 Å². The molecule has 0 amide bonds. The standard InChI is InChI=1S/C10H17N3/c1-5-8-12-7(4)9(6(2)3)10(11)13-8/h6H,5H2,1-4H3,(H2,11,12,13). The molecular weight excluding hydrogens is 162 g/mol. The lowest BCUT2D eigenvalue weighted by Crippen LogP contribution is -2.07. The first kappa shape index (κ1) is 9.96. The summed E-state index contributed by atoms with van der Waals surface area (Å²) in [5, 5.41) is 0. The van der Waals surface area contributed by atoms with Crippen molar-refractivity contribution in [3.8, 4) is 0 Å². The molecule has 0 aliphatic carbocycles. The summed E-state index contributed by atoms with van der Waals surface area (Å²) in [4.78, 5) is 8.62. The Balaban J connectivity index is 3.23. The Morgan fingerprint density at radius 3 is 2.31 bits per heavy atom. The number of rotatable bonds is 2. The smallest absolute Gasteiger partial charge is 0.130 e. The number of aryl methyl sites for hydroxylation is 2. The highest BCUT2D eigenvalue weighted by Gasteiger charge is 2.11. The highest BCUT2D eigenvalue weighted by Crippen LogP contribution is 2.22. The van der Waals surface area contributed by atoms with Gasteiger partial charge < -0.3 is 5.73 Å². The molecule has 0 fully saturated rings. The molecule has 0 aromatic carbocycles. The normalized spacial score (nSPS) is 10.8. The summed E-state index contributed by atoms with van der Waals surface area (Å²) in [6.07, 6.45) is 0.837. The maximum atomic E-state index is 5.85. The fraction of sp³-hybridized carbons (Fsp3) is 0.600. The van der Waals surface area contributed by atoms with Gasteiger partial charge in [-0.1, -0.05) is 20.8 Å². The van der Waals surface area contributed by atoms with E-state index >= 15 is 0 Å². The molecule has 1 aromatic heterocycles. The molecule has 0 unspecified atom stereocenters. The summed E-state index contributed by atoms with van der Waals surface area (Å²) in [6.45, 7) is 8.23. The summed E-state index contributed by atoms with van der Waals surface area (Å²) in [7, 11) is 0. The van der Waals surface area contributed by atoms with E-state index in [2.05, 4.69) is 23.8 Å². The zero-order chi connectivity index (χ0) is 10.0. The van der Waals surface area contributed by atoms with Crippen LogP contribution in [0.4, 0.5) is 5.82 Å². The second-order valence-corrected chi connectivity index (χ2v) is 3.53. The van der Waals surface area contributed by atoms with Gasteiger partial charge in [-0.15, -0.1) is 0 Å². The lowest BCUT2D eigenvalue weighted by molar-refractivity contribution is 0.812. The molecule has 0 saturated carbocycles. The van der Waals surface area contributed by atoms with Crippen LogP contribution in [0.25, 0.3) is 0 Å². The second kappa shape index (κ2) is 3.73. The quantitative estimate of drug-likeness (QED) is 0.756. The Hall–Kier alpha value is -1.12. The van der Waals surface area contributed by atoms with Gasteiger partial charge in [0, 0.05) is 17.7 Å². The number of nitrogens with zero attached hydrogens (tertiary/aromatic N) is 2. The average molecular weight is 179 g/mol. The Morgan fingerprint density at radius 2 is 1.92 bits per heavy atom. The zero-order valence-electron chi connectivity index (χ0n) is 8.76. The Bertz CT molecular complexity index is 282. The van der Waals surface area contributed by atoms with Gasteiger partial charge in [-0.3, -0.25) is 0 Å². The van der Waals surface area contributed by atoms with Crippen molar-refractivity contribution in [2.24, 2.45) is 0 Å². The third-order valence-corrected chi connectivity index (χ3v) is 2.11. The van der Waals surface area contributed by atoms with Gasteiger partial charge in [-0.2, -0.15) is 0 Å². The summed E-state index contributed by atoms with van der Waals surface area (Å²) in [5.41, 5.74) is 7.94. The summed E-state index contributed by atoms with van der Waals surface area (Å²) < 4.78 is 0. The highest BCUT2D eigenvalue weighted by molar-refractivity contribution is 5.43. The van der Waals surface area contributed by atoms with Crippen LogP contribution in [0.2, 0.25) is 0 Å². The van der Waals surface area contributed by atoms with Crippen molar-refractivity contribution in [3.05, 3.63) is 17.1 Å².